The molecule has 4 nitrogen and oxygen atoms in total. The molecule has 0 aromatic carbocycles. The molecule has 0 radical (unpaired) electrons. The highest BCUT2D eigenvalue weighted by Gasteiger charge is 2.40. The van der Waals surface area contributed by atoms with E-state index in [0.717, 1.165) is 7.11 Å². The molecule has 2 N–H and O–H groups in total. The van der Waals surface area contributed by atoms with Crippen LogP contribution in [-0.4, -0.2) is 18.1 Å². The number of halogens is 5. The van der Waals surface area contributed by atoms with Crippen LogP contribution in [0, 0.1) is 0 Å². The van der Waals surface area contributed by atoms with E-state index in [1.165, 1.54) is 0 Å². The monoisotopic (exact) mass is 270 g/mol. The minimum absolute atomic E-state index is 0.506. The molecule has 0 saturated carbocycles. The molecule has 0 unspecified atom stereocenters. The molecule has 0 atom stereocenters. The van der Waals surface area contributed by atoms with Gasteiger partial charge in [0.2, 0.25) is 0 Å². The van der Waals surface area contributed by atoms with Crippen LogP contribution in [0.5, 0.6) is 0 Å². The van der Waals surface area contributed by atoms with E-state index in [9.17, 15) is 26.7 Å². The van der Waals surface area contributed by atoms with Crippen molar-refractivity contribution in [3.05, 3.63) is 23.0 Å². The SMILES string of the molecule is COC(=O)c1c(N)cc(C(F)F)nc1C(F)(F)F. The molecule has 0 aliphatic rings. The summed E-state index contributed by atoms with van der Waals surface area (Å²) in [5.41, 5.74) is 0.373. The van der Waals surface area contributed by atoms with Gasteiger partial charge in [-0.3, -0.25) is 0 Å². The van der Waals surface area contributed by atoms with Gasteiger partial charge >= 0.3 is 12.1 Å². The van der Waals surface area contributed by atoms with Crippen molar-refractivity contribution in [1.29, 1.82) is 0 Å². The highest BCUT2D eigenvalue weighted by Crippen LogP contribution is 2.35. The first-order chi connectivity index (χ1) is 8.18. The molecule has 18 heavy (non-hydrogen) atoms. The lowest BCUT2D eigenvalue weighted by atomic mass is 10.1. The summed E-state index contributed by atoms with van der Waals surface area (Å²) in [6, 6.07) is 0.506. The van der Waals surface area contributed by atoms with Gasteiger partial charge in [-0.1, -0.05) is 0 Å². The number of carbonyl (C=O) groups excluding carboxylic acids is 1. The summed E-state index contributed by atoms with van der Waals surface area (Å²) in [5, 5.41) is 0. The number of aromatic nitrogens is 1. The third kappa shape index (κ3) is 2.66. The summed E-state index contributed by atoms with van der Waals surface area (Å²) in [6.45, 7) is 0. The fourth-order valence-corrected chi connectivity index (χ4v) is 1.22. The van der Waals surface area contributed by atoms with E-state index < -0.39 is 41.2 Å². The maximum Gasteiger partial charge on any atom is 0.434 e. The van der Waals surface area contributed by atoms with E-state index in [1.54, 1.807) is 0 Å². The molecule has 0 aliphatic carbocycles. The molecular formula is C9H7F5N2O2. The molecular weight excluding hydrogens is 263 g/mol. The second-order valence-corrected chi connectivity index (χ2v) is 3.15. The van der Waals surface area contributed by atoms with Crippen LogP contribution in [-0.2, 0) is 10.9 Å². The molecule has 1 heterocycles. The molecule has 0 fully saturated rings. The minimum atomic E-state index is -5.09. The van der Waals surface area contributed by atoms with E-state index in [4.69, 9.17) is 5.73 Å². The lowest BCUT2D eigenvalue weighted by Gasteiger charge is -2.14. The van der Waals surface area contributed by atoms with Crippen LogP contribution >= 0.6 is 0 Å². The third-order valence-corrected chi connectivity index (χ3v) is 1.95. The van der Waals surface area contributed by atoms with Crippen molar-refractivity contribution in [2.45, 2.75) is 12.6 Å². The second-order valence-electron chi connectivity index (χ2n) is 3.15. The minimum Gasteiger partial charge on any atom is -0.465 e. The number of carbonyl (C=O) groups is 1. The van der Waals surface area contributed by atoms with Crippen molar-refractivity contribution in [3.63, 3.8) is 0 Å². The number of esters is 1. The number of methoxy groups -OCH3 is 1. The number of nitrogens with two attached hydrogens (primary N) is 1. The van der Waals surface area contributed by atoms with Gasteiger partial charge in [-0.25, -0.2) is 18.6 Å². The van der Waals surface area contributed by atoms with Gasteiger partial charge in [0.15, 0.2) is 5.69 Å². The summed E-state index contributed by atoms with van der Waals surface area (Å²) in [4.78, 5) is 13.9. The Morgan fingerprint density at radius 2 is 2.00 bits per heavy atom. The number of pyridine rings is 1. The van der Waals surface area contributed by atoms with E-state index in [1.807, 2.05) is 0 Å². The largest absolute Gasteiger partial charge is 0.465 e. The fourth-order valence-electron chi connectivity index (χ4n) is 1.22. The second kappa shape index (κ2) is 4.75. The smallest absolute Gasteiger partial charge is 0.434 e. The van der Waals surface area contributed by atoms with Crippen LogP contribution in [0.25, 0.3) is 0 Å². The zero-order chi connectivity index (χ0) is 14.1. The molecule has 1 aromatic heterocycles. The first-order valence-electron chi connectivity index (χ1n) is 4.42. The highest BCUT2D eigenvalue weighted by atomic mass is 19.4. The highest BCUT2D eigenvalue weighted by molar-refractivity contribution is 5.96. The number of anilines is 1. The first-order valence-corrected chi connectivity index (χ1v) is 4.42. The topological polar surface area (TPSA) is 65.2 Å². The van der Waals surface area contributed by atoms with Crippen molar-refractivity contribution in [2.24, 2.45) is 0 Å². The maximum atomic E-state index is 12.6. The Morgan fingerprint density at radius 3 is 2.39 bits per heavy atom. The molecule has 1 aromatic rings. The number of hydrogen-bond acceptors (Lipinski definition) is 4. The molecule has 0 bridgehead atoms. The average Bonchev–Trinajstić information content (AvgIpc) is 2.25. The van der Waals surface area contributed by atoms with Gasteiger partial charge in [0, 0.05) is 0 Å². The van der Waals surface area contributed by atoms with Crippen molar-refractivity contribution in [2.75, 3.05) is 12.8 Å². The maximum absolute atomic E-state index is 12.6. The van der Waals surface area contributed by atoms with E-state index >= 15 is 0 Å². The van der Waals surface area contributed by atoms with Crippen LogP contribution in [0.4, 0.5) is 27.6 Å². The lowest BCUT2D eigenvalue weighted by Crippen LogP contribution is -2.19. The van der Waals surface area contributed by atoms with Crippen LogP contribution in [0.3, 0.4) is 0 Å². The predicted molar refractivity (Wildman–Crippen MR) is 49.9 cm³/mol. The molecule has 1 rings (SSSR count). The Morgan fingerprint density at radius 1 is 1.44 bits per heavy atom. The van der Waals surface area contributed by atoms with Crippen molar-refractivity contribution >= 4 is 11.7 Å². The zero-order valence-corrected chi connectivity index (χ0v) is 8.89. The molecule has 0 saturated heterocycles. The summed E-state index contributed by atoms with van der Waals surface area (Å²) in [7, 11) is 0.836. The number of rotatable bonds is 2. The van der Waals surface area contributed by atoms with Gasteiger partial charge < -0.3 is 10.5 Å². The molecule has 9 heteroatoms. The molecule has 0 aliphatic heterocycles. The van der Waals surface area contributed by atoms with Crippen LogP contribution in [0.1, 0.15) is 28.2 Å². The third-order valence-electron chi connectivity index (χ3n) is 1.95. The van der Waals surface area contributed by atoms with Gasteiger partial charge in [-0.15, -0.1) is 0 Å². The van der Waals surface area contributed by atoms with Crippen molar-refractivity contribution in [3.8, 4) is 0 Å². The van der Waals surface area contributed by atoms with Crippen LogP contribution in [0.2, 0.25) is 0 Å². The normalized spacial score (nSPS) is 11.7. The summed E-state index contributed by atoms with van der Waals surface area (Å²) in [5.74, 6) is -1.40. The van der Waals surface area contributed by atoms with E-state index in [-0.39, 0.29) is 0 Å². The predicted octanol–water partition coefficient (Wildman–Crippen LogP) is 2.41. The van der Waals surface area contributed by atoms with Gasteiger partial charge in [-0.05, 0) is 6.07 Å². The Bertz CT molecular complexity index is 473. The molecule has 100 valence electrons. The Hall–Kier alpha value is -1.93. The van der Waals surface area contributed by atoms with Crippen LogP contribution in [0.15, 0.2) is 6.07 Å². The van der Waals surface area contributed by atoms with Gasteiger partial charge in [0.1, 0.15) is 11.3 Å². The van der Waals surface area contributed by atoms with E-state index in [2.05, 4.69) is 9.72 Å². The molecule has 0 spiro atoms. The van der Waals surface area contributed by atoms with E-state index in [0.29, 0.717) is 6.07 Å². The Balaban J connectivity index is 3.55. The van der Waals surface area contributed by atoms with Crippen molar-refractivity contribution in [1.82, 2.24) is 4.98 Å². The summed E-state index contributed by atoms with van der Waals surface area (Å²) < 4.78 is 66.6. The van der Waals surface area contributed by atoms with Gasteiger partial charge in [0.05, 0.1) is 12.8 Å². The number of hydrogen-bond donors (Lipinski definition) is 1. The lowest BCUT2D eigenvalue weighted by molar-refractivity contribution is -0.141. The molecule has 0 amide bonds. The van der Waals surface area contributed by atoms with Gasteiger partial charge in [0.25, 0.3) is 6.43 Å². The quantitative estimate of drug-likeness (QED) is 0.662. The zero-order valence-electron chi connectivity index (χ0n) is 8.89. The Kier molecular flexibility index (Phi) is 3.73. The fraction of sp³-hybridized carbons (Fsp3) is 0.333. The summed E-state index contributed by atoms with van der Waals surface area (Å²) >= 11 is 0. The standard InChI is InChI=1S/C9H7F5N2O2/c1-18-8(17)5-3(15)2-4(7(10)11)16-6(5)9(12,13)14/h2,7H,1H3,(H2,15,16). The number of nitrogen functional groups attached to an aromatic ring is 1. The number of nitrogens with zero attached hydrogens (tertiary/aromatic N) is 1. The summed E-state index contributed by atoms with van der Waals surface area (Å²) in [6.07, 6.45) is -8.33. The number of ether oxygens (including phenoxy) is 1. The van der Waals surface area contributed by atoms with Crippen LogP contribution < -0.4 is 5.73 Å². The average molecular weight is 270 g/mol. The van der Waals surface area contributed by atoms with Crippen molar-refractivity contribution < 1.29 is 31.5 Å². The number of alkyl halides is 5. The first kappa shape index (κ1) is 14.1. The Labute approximate surface area is 97.6 Å². The van der Waals surface area contributed by atoms with Gasteiger partial charge in [-0.2, -0.15) is 13.2 Å².